The van der Waals surface area contributed by atoms with Crippen molar-refractivity contribution in [2.75, 3.05) is 33.3 Å². The molecule has 0 bridgehead atoms. The van der Waals surface area contributed by atoms with E-state index in [1.807, 2.05) is 31.2 Å². The maximum Gasteiger partial charge on any atom is 0.317 e. The fraction of sp³-hybridized carbons (Fsp3) is 0.435. The summed E-state index contributed by atoms with van der Waals surface area (Å²) in [6.45, 7) is 3.45. The zero-order valence-corrected chi connectivity index (χ0v) is 19.2. The maximum atomic E-state index is 12.8. The first kappa shape index (κ1) is 22.4. The largest absolute Gasteiger partial charge is 0.486 e. The van der Waals surface area contributed by atoms with Gasteiger partial charge < -0.3 is 19.7 Å². The van der Waals surface area contributed by atoms with E-state index in [1.54, 1.807) is 36.2 Å². The number of likely N-dealkylation sites (N-methyl/N-ethyl adjacent to an activating group) is 1. The van der Waals surface area contributed by atoms with E-state index >= 15 is 0 Å². The van der Waals surface area contributed by atoms with E-state index in [2.05, 4.69) is 5.32 Å². The van der Waals surface area contributed by atoms with Gasteiger partial charge in [0, 0.05) is 26.2 Å². The molecule has 1 fully saturated rings. The van der Waals surface area contributed by atoms with Gasteiger partial charge in [0.1, 0.15) is 6.61 Å². The van der Waals surface area contributed by atoms with Gasteiger partial charge in [-0.05, 0) is 44.0 Å². The smallest absolute Gasteiger partial charge is 0.317 e. The van der Waals surface area contributed by atoms with Crippen molar-refractivity contribution < 1.29 is 22.7 Å². The van der Waals surface area contributed by atoms with Crippen molar-refractivity contribution in [3.05, 3.63) is 54.1 Å². The number of carbonyl (C=O) groups excluding carboxylic acids is 1. The topological polar surface area (TPSA) is 88.2 Å². The van der Waals surface area contributed by atoms with Crippen LogP contribution in [-0.2, 0) is 10.0 Å². The van der Waals surface area contributed by atoms with Crippen molar-refractivity contribution in [2.45, 2.75) is 36.8 Å². The second-order valence-electron chi connectivity index (χ2n) is 8.32. The molecule has 0 radical (unpaired) electrons. The van der Waals surface area contributed by atoms with E-state index in [1.165, 1.54) is 4.31 Å². The quantitative estimate of drug-likeness (QED) is 0.743. The molecule has 2 aromatic rings. The van der Waals surface area contributed by atoms with Gasteiger partial charge in [-0.1, -0.05) is 29.8 Å². The Kier molecular flexibility index (Phi) is 6.57. The molecule has 9 heteroatoms. The van der Waals surface area contributed by atoms with Gasteiger partial charge >= 0.3 is 6.03 Å². The van der Waals surface area contributed by atoms with Crippen LogP contribution in [0.5, 0.6) is 11.5 Å². The van der Waals surface area contributed by atoms with E-state index in [0.29, 0.717) is 55.5 Å². The Bertz CT molecular complexity index is 1050. The molecule has 0 aromatic heterocycles. The van der Waals surface area contributed by atoms with E-state index in [0.717, 1.165) is 5.56 Å². The molecule has 4 rings (SSSR count). The number of nitrogens with zero attached hydrogens (tertiary/aromatic N) is 2. The minimum Gasteiger partial charge on any atom is -0.486 e. The average molecular weight is 460 g/mol. The predicted octanol–water partition coefficient (Wildman–Crippen LogP) is 2.63. The van der Waals surface area contributed by atoms with Gasteiger partial charge in [0.25, 0.3) is 0 Å². The summed E-state index contributed by atoms with van der Waals surface area (Å²) in [5.74, 6) is 1.39. The Morgan fingerprint density at radius 2 is 1.75 bits per heavy atom. The van der Waals surface area contributed by atoms with Gasteiger partial charge in [0.2, 0.25) is 10.0 Å². The monoisotopic (exact) mass is 459 g/mol. The standard InChI is InChI=1S/C23H29N3O5S/c1-17-7-9-20(10-8-17)32(28,29)26-13-11-18(12-14-26)24-23(27)25(2)15-19-16-30-21-5-3-4-6-22(21)31-19/h3-10,18-19H,11-16H2,1-2H3,(H,24,27). The maximum absolute atomic E-state index is 12.8. The Hall–Kier alpha value is -2.78. The number of hydrogen-bond acceptors (Lipinski definition) is 5. The summed E-state index contributed by atoms with van der Waals surface area (Å²) in [5.41, 5.74) is 1.02. The zero-order chi connectivity index (χ0) is 22.7. The third kappa shape index (κ3) is 4.99. The number of rotatable bonds is 5. The predicted molar refractivity (Wildman–Crippen MR) is 120 cm³/mol. The van der Waals surface area contributed by atoms with Crippen LogP contribution >= 0.6 is 0 Å². The first-order chi connectivity index (χ1) is 15.3. The van der Waals surface area contributed by atoms with E-state index in [-0.39, 0.29) is 18.2 Å². The van der Waals surface area contributed by atoms with Crippen LogP contribution in [0.2, 0.25) is 0 Å². The number of benzene rings is 2. The van der Waals surface area contributed by atoms with Crippen LogP contribution in [-0.4, -0.2) is 69.1 Å². The van der Waals surface area contributed by atoms with E-state index in [4.69, 9.17) is 9.47 Å². The number of ether oxygens (including phenoxy) is 2. The summed E-state index contributed by atoms with van der Waals surface area (Å²) >= 11 is 0. The van der Waals surface area contributed by atoms with Crippen molar-refractivity contribution >= 4 is 16.1 Å². The van der Waals surface area contributed by atoms with Crippen molar-refractivity contribution in [1.82, 2.24) is 14.5 Å². The minimum absolute atomic E-state index is 0.0707. The molecule has 1 N–H and O–H groups in total. The number of carbonyl (C=O) groups is 1. The van der Waals surface area contributed by atoms with Crippen LogP contribution in [0.25, 0.3) is 0 Å². The zero-order valence-electron chi connectivity index (χ0n) is 18.4. The first-order valence-corrected chi connectivity index (χ1v) is 12.2. The van der Waals surface area contributed by atoms with E-state index < -0.39 is 10.0 Å². The van der Waals surface area contributed by atoms with Crippen LogP contribution < -0.4 is 14.8 Å². The molecule has 32 heavy (non-hydrogen) atoms. The highest BCUT2D eigenvalue weighted by Gasteiger charge is 2.31. The minimum atomic E-state index is -3.51. The summed E-state index contributed by atoms with van der Waals surface area (Å²) in [7, 11) is -1.79. The molecular weight excluding hydrogens is 430 g/mol. The molecule has 0 spiro atoms. The number of hydrogen-bond donors (Lipinski definition) is 1. The summed E-state index contributed by atoms with van der Waals surface area (Å²) in [6.07, 6.45) is 0.893. The third-order valence-electron chi connectivity index (χ3n) is 5.83. The number of nitrogens with one attached hydrogen (secondary N) is 1. The molecule has 2 aliphatic rings. The van der Waals surface area contributed by atoms with Crippen LogP contribution in [0.1, 0.15) is 18.4 Å². The highest BCUT2D eigenvalue weighted by atomic mass is 32.2. The number of para-hydroxylation sites is 2. The second kappa shape index (κ2) is 9.38. The van der Waals surface area contributed by atoms with Gasteiger partial charge in [-0.25, -0.2) is 13.2 Å². The SMILES string of the molecule is Cc1ccc(S(=O)(=O)N2CCC(NC(=O)N(C)CC3COc4ccccc4O3)CC2)cc1. The fourth-order valence-electron chi connectivity index (χ4n) is 3.93. The van der Waals surface area contributed by atoms with Crippen LogP contribution in [0.15, 0.2) is 53.4 Å². The van der Waals surface area contributed by atoms with Crippen molar-refractivity contribution in [3.8, 4) is 11.5 Å². The summed E-state index contributed by atoms with van der Waals surface area (Å²) in [4.78, 5) is 14.5. The van der Waals surface area contributed by atoms with Gasteiger partial charge in [0.15, 0.2) is 17.6 Å². The average Bonchev–Trinajstić information content (AvgIpc) is 2.79. The Morgan fingerprint density at radius 1 is 1.09 bits per heavy atom. The van der Waals surface area contributed by atoms with Gasteiger partial charge in [-0.2, -0.15) is 4.31 Å². The molecule has 2 amide bonds. The second-order valence-corrected chi connectivity index (χ2v) is 10.3. The van der Waals surface area contributed by atoms with Gasteiger partial charge in [0.05, 0.1) is 11.4 Å². The Morgan fingerprint density at radius 3 is 2.44 bits per heavy atom. The molecular formula is C23H29N3O5S. The summed E-state index contributed by atoms with van der Waals surface area (Å²) < 4.78 is 38.8. The van der Waals surface area contributed by atoms with Gasteiger partial charge in [-0.15, -0.1) is 0 Å². The van der Waals surface area contributed by atoms with Crippen molar-refractivity contribution in [3.63, 3.8) is 0 Å². The molecule has 1 unspecified atom stereocenters. The number of fused-ring (bicyclic) bond motifs is 1. The van der Waals surface area contributed by atoms with Gasteiger partial charge in [-0.3, -0.25) is 0 Å². The molecule has 1 saturated heterocycles. The molecule has 2 aliphatic heterocycles. The number of sulfonamides is 1. The summed E-state index contributed by atoms with van der Waals surface area (Å²) in [6, 6.07) is 14.1. The molecule has 2 aromatic carbocycles. The lowest BCUT2D eigenvalue weighted by Crippen LogP contribution is -2.51. The van der Waals surface area contributed by atoms with E-state index in [9.17, 15) is 13.2 Å². The van der Waals surface area contributed by atoms with Crippen LogP contribution in [0.3, 0.4) is 0 Å². The van der Waals surface area contributed by atoms with Crippen molar-refractivity contribution in [2.24, 2.45) is 0 Å². The number of aryl methyl sites for hydroxylation is 1. The molecule has 2 heterocycles. The molecule has 8 nitrogen and oxygen atoms in total. The fourth-order valence-corrected chi connectivity index (χ4v) is 5.40. The lowest BCUT2D eigenvalue weighted by molar-refractivity contribution is 0.0709. The van der Waals surface area contributed by atoms with Crippen LogP contribution in [0, 0.1) is 6.92 Å². The molecule has 172 valence electrons. The Labute approximate surface area is 189 Å². The third-order valence-corrected chi connectivity index (χ3v) is 7.74. The first-order valence-electron chi connectivity index (χ1n) is 10.8. The number of amides is 2. The highest BCUT2D eigenvalue weighted by Crippen LogP contribution is 2.31. The normalized spacial score (nSPS) is 19.4. The van der Waals surface area contributed by atoms with Crippen molar-refractivity contribution in [1.29, 1.82) is 0 Å². The Balaban J connectivity index is 1.26. The molecule has 0 aliphatic carbocycles. The molecule has 1 atom stereocenters. The lowest BCUT2D eigenvalue weighted by Gasteiger charge is -2.33. The lowest BCUT2D eigenvalue weighted by atomic mass is 10.1. The van der Waals surface area contributed by atoms with Crippen LogP contribution in [0.4, 0.5) is 4.79 Å². The molecule has 0 saturated carbocycles. The highest BCUT2D eigenvalue weighted by molar-refractivity contribution is 7.89. The number of urea groups is 1. The number of piperidine rings is 1. The summed E-state index contributed by atoms with van der Waals surface area (Å²) in [5, 5.41) is 3.02.